The van der Waals surface area contributed by atoms with E-state index in [1.807, 2.05) is 13.8 Å². The highest BCUT2D eigenvalue weighted by atomic mass is 32.2. The third kappa shape index (κ3) is 4.19. The molecule has 0 spiro atoms. The maximum atomic E-state index is 13.9. The third-order valence-electron chi connectivity index (χ3n) is 4.75. The number of alkyl halides is 3. The molecule has 1 unspecified atom stereocenters. The molecule has 1 aromatic carbocycles. The largest absolute Gasteiger partial charge is 0.419 e. The van der Waals surface area contributed by atoms with Crippen molar-refractivity contribution in [3.63, 3.8) is 0 Å². The first kappa shape index (κ1) is 20.8. The summed E-state index contributed by atoms with van der Waals surface area (Å²) in [6.45, 7) is 4.24. The molecule has 0 N–H and O–H groups in total. The van der Waals surface area contributed by atoms with Crippen LogP contribution in [0.25, 0.3) is 10.9 Å². The molecule has 2 aromatic heterocycles. The number of halogens is 5. The van der Waals surface area contributed by atoms with Gasteiger partial charge in [-0.1, -0.05) is 25.6 Å². The molecule has 158 valence electrons. The van der Waals surface area contributed by atoms with Crippen LogP contribution in [0.2, 0.25) is 0 Å². The Labute approximate surface area is 173 Å². The van der Waals surface area contributed by atoms with E-state index in [1.165, 1.54) is 28.7 Å². The fourth-order valence-electron chi connectivity index (χ4n) is 3.43. The minimum atomic E-state index is -4.44. The van der Waals surface area contributed by atoms with E-state index >= 15 is 0 Å². The van der Waals surface area contributed by atoms with Crippen LogP contribution in [0.1, 0.15) is 31.4 Å². The molecule has 0 radical (unpaired) electrons. The minimum Gasteiger partial charge on any atom is -0.272 e. The number of hydrogen-bond donors (Lipinski definition) is 0. The number of aromatic nitrogens is 3. The quantitative estimate of drug-likeness (QED) is 0.508. The number of hydrogen-bond acceptors (Lipinski definition) is 4. The number of pyridine rings is 1. The Morgan fingerprint density at radius 2 is 1.97 bits per heavy atom. The summed E-state index contributed by atoms with van der Waals surface area (Å²) in [5.41, 5.74) is -0.218. The average Bonchev–Trinajstić information content (AvgIpc) is 3.12. The lowest BCUT2D eigenvalue weighted by Gasteiger charge is -2.33. The van der Waals surface area contributed by atoms with Crippen molar-refractivity contribution in [2.24, 2.45) is 4.99 Å². The van der Waals surface area contributed by atoms with Gasteiger partial charge in [0.05, 0.1) is 24.3 Å². The lowest BCUT2D eigenvalue weighted by atomic mass is 10.0. The zero-order valence-corrected chi connectivity index (χ0v) is 16.9. The van der Waals surface area contributed by atoms with Crippen molar-refractivity contribution in [1.29, 1.82) is 0 Å². The van der Waals surface area contributed by atoms with Gasteiger partial charge in [0.15, 0.2) is 11.6 Å². The normalized spacial score (nSPS) is 19.2. The van der Waals surface area contributed by atoms with Gasteiger partial charge in [-0.3, -0.25) is 14.7 Å². The molecule has 3 aromatic rings. The van der Waals surface area contributed by atoms with E-state index in [-0.39, 0.29) is 22.9 Å². The summed E-state index contributed by atoms with van der Waals surface area (Å²) in [4.78, 5) is 8.74. The van der Waals surface area contributed by atoms with Gasteiger partial charge >= 0.3 is 6.18 Å². The van der Waals surface area contributed by atoms with Crippen LogP contribution in [0, 0.1) is 11.6 Å². The van der Waals surface area contributed by atoms with Crippen LogP contribution < -0.4 is 0 Å². The lowest BCUT2D eigenvalue weighted by molar-refractivity contribution is -0.137. The Kier molecular flexibility index (Phi) is 5.08. The van der Waals surface area contributed by atoms with Crippen molar-refractivity contribution in [2.45, 2.75) is 43.8 Å². The molecule has 30 heavy (non-hydrogen) atoms. The summed E-state index contributed by atoms with van der Waals surface area (Å²) in [7, 11) is 0. The second kappa shape index (κ2) is 7.33. The summed E-state index contributed by atoms with van der Waals surface area (Å²) < 4.78 is 66.8. The molecule has 10 heteroatoms. The Balaban J connectivity index is 1.65. The predicted molar refractivity (Wildman–Crippen MR) is 106 cm³/mol. The van der Waals surface area contributed by atoms with Gasteiger partial charge in [-0.25, -0.2) is 8.78 Å². The van der Waals surface area contributed by atoms with Crippen LogP contribution in [0.5, 0.6) is 0 Å². The van der Waals surface area contributed by atoms with Crippen molar-refractivity contribution >= 4 is 27.7 Å². The van der Waals surface area contributed by atoms with Gasteiger partial charge in [-0.2, -0.15) is 18.3 Å². The number of fused-ring (bicyclic) bond motifs is 1. The molecular formula is C20H17F5N4S. The van der Waals surface area contributed by atoms with Gasteiger partial charge in [0.25, 0.3) is 0 Å². The molecule has 0 saturated carbocycles. The second-order valence-corrected chi connectivity index (χ2v) is 9.46. The molecule has 0 aliphatic carbocycles. The summed E-state index contributed by atoms with van der Waals surface area (Å²) in [6, 6.07) is 3.88. The second-order valence-electron chi connectivity index (χ2n) is 7.76. The van der Waals surface area contributed by atoms with Gasteiger partial charge in [-0.05, 0) is 24.6 Å². The summed E-state index contributed by atoms with van der Waals surface area (Å²) in [6.07, 6.45) is -0.596. The first-order valence-electron chi connectivity index (χ1n) is 9.12. The molecule has 1 atom stereocenters. The van der Waals surface area contributed by atoms with E-state index in [0.717, 1.165) is 18.5 Å². The van der Waals surface area contributed by atoms with Gasteiger partial charge in [0.2, 0.25) is 0 Å². The van der Waals surface area contributed by atoms with E-state index in [4.69, 9.17) is 4.99 Å². The van der Waals surface area contributed by atoms with Crippen LogP contribution in [-0.2, 0) is 12.7 Å². The SMILES string of the molecule is CC1(C)CC(Cn2cc(C(F)(F)F)cn2)N=C(c2cnc3c(F)c(F)ccc3c2)S1. The molecule has 0 amide bonds. The van der Waals surface area contributed by atoms with Crippen molar-refractivity contribution < 1.29 is 22.0 Å². The maximum Gasteiger partial charge on any atom is 0.419 e. The smallest absolute Gasteiger partial charge is 0.272 e. The third-order valence-corrected chi connectivity index (χ3v) is 6.00. The van der Waals surface area contributed by atoms with Crippen molar-refractivity contribution in [3.05, 3.63) is 59.6 Å². The molecule has 4 nitrogen and oxygen atoms in total. The first-order chi connectivity index (χ1) is 14.0. The van der Waals surface area contributed by atoms with Crippen molar-refractivity contribution in [3.8, 4) is 0 Å². The molecule has 1 aliphatic heterocycles. The summed E-state index contributed by atoms with van der Waals surface area (Å²) >= 11 is 1.51. The Morgan fingerprint density at radius 3 is 2.67 bits per heavy atom. The van der Waals surface area contributed by atoms with E-state index in [1.54, 1.807) is 6.07 Å². The van der Waals surface area contributed by atoms with Gasteiger partial charge in [0.1, 0.15) is 10.6 Å². The zero-order valence-electron chi connectivity index (χ0n) is 16.0. The van der Waals surface area contributed by atoms with Gasteiger partial charge in [-0.15, -0.1) is 0 Å². The molecule has 4 rings (SSSR count). The molecular weight excluding hydrogens is 423 g/mol. The number of benzene rings is 1. The highest BCUT2D eigenvalue weighted by Gasteiger charge is 2.34. The van der Waals surface area contributed by atoms with Crippen molar-refractivity contribution in [2.75, 3.05) is 0 Å². The standard InChI is InChI=1S/C20H17F5N4S/c1-19(2)6-14(10-29-9-13(8-27-29)20(23,24)25)28-18(30-19)12-5-11-3-4-15(21)16(22)17(11)26-7-12/h3-5,7-9,14H,6,10H2,1-2H3. The molecule has 1 aliphatic rings. The fourth-order valence-corrected chi connectivity index (χ4v) is 4.66. The van der Waals surface area contributed by atoms with Gasteiger partial charge < -0.3 is 0 Å². The Bertz CT molecular complexity index is 1140. The first-order valence-corrected chi connectivity index (χ1v) is 9.94. The molecule has 3 heterocycles. The highest BCUT2D eigenvalue weighted by molar-refractivity contribution is 8.15. The van der Waals surface area contributed by atoms with E-state index in [0.29, 0.717) is 22.4 Å². The van der Waals surface area contributed by atoms with E-state index in [9.17, 15) is 22.0 Å². The fraction of sp³-hybridized carbons (Fsp3) is 0.350. The number of thioether (sulfide) groups is 1. The van der Waals surface area contributed by atoms with Crippen LogP contribution in [0.15, 0.2) is 41.8 Å². The topological polar surface area (TPSA) is 43.1 Å². The Morgan fingerprint density at radius 1 is 1.20 bits per heavy atom. The number of nitrogens with zero attached hydrogens (tertiary/aromatic N) is 4. The van der Waals surface area contributed by atoms with E-state index < -0.39 is 23.4 Å². The molecule has 0 bridgehead atoms. The maximum absolute atomic E-state index is 13.9. The van der Waals surface area contributed by atoms with Crippen LogP contribution in [0.3, 0.4) is 0 Å². The predicted octanol–water partition coefficient (Wildman–Crippen LogP) is 5.46. The van der Waals surface area contributed by atoms with Gasteiger partial charge in [0, 0.05) is 28.1 Å². The summed E-state index contributed by atoms with van der Waals surface area (Å²) in [5, 5.41) is 4.90. The number of rotatable bonds is 3. The van der Waals surface area contributed by atoms with E-state index in [2.05, 4.69) is 10.1 Å². The van der Waals surface area contributed by atoms with Crippen LogP contribution in [0.4, 0.5) is 22.0 Å². The monoisotopic (exact) mass is 440 g/mol. The Hall–Kier alpha value is -2.49. The molecule has 0 fully saturated rings. The average molecular weight is 440 g/mol. The summed E-state index contributed by atoms with van der Waals surface area (Å²) in [5.74, 6) is -1.97. The molecule has 0 saturated heterocycles. The van der Waals surface area contributed by atoms with Crippen molar-refractivity contribution in [1.82, 2.24) is 14.8 Å². The minimum absolute atomic E-state index is 0.0628. The number of aliphatic imine (C=N–C) groups is 1. The van der Waals surface area contributed by atoms with Crippen LogP contribution >= 0.6 is 11.8 Å². The highest BCUT2D eigenvalue weighted by Crippen LogP contribution is 2.39. The zero-order chi connectivity index (χ0) is 21.7. The van der Waals surface area contributed by atoms with Crippen LogP contribution in [-0.4, -0.2) is 30.6 Å². The lowest BCUT2D eigenvalue weighted by Crippen LogP contribution is -2.32.